The fourth-order valence-corrected chi connectivity index (χ4v) is 1.60. The number of hydrogen-bond donors (Lipinski definition) is 2. The summed E-state index contributed by atoms with van der Waals surface area (Å²) in [6.07, 6.45) is -0.625. The number of nitrogens with one attached hydrogen (secondary N) is 1. The Bertz CT molecular complexity index is 425. The SMILES string of the molecule is COc1ccc(CNC(=O)C(CN)OC)cc1OC.Cl. The summed E-state index contributed by atoms with van der Waals surface area (Å²) in [5, 5.41) is 2.75. The Morgan fingerprint density at radius 3 is 2.40 bits per heavy atom. The van der Waals surface area contributed by atoms with Crippen molar-refractivity contribution in [2.24, 2.45) is 5.73 Å². The van der Waals surface area contributed by atoms with Gasteiger partial charge >= 0.3 is 0 Å². The Balaban J connectivity index is 0.00000361. The van der Waals surface area contributed by atoms with E-state index >= 15 is 0 Å². The first kappa shape index (κ1) is 18.5. The average molecular weight is 305 g/mol. The maximum Gasteiger partial charge on any atom is 0.250 e. The lowest BCUT2D eigenvalue weighted by Gasteiger charge is -2.14. The van der Waals surface area contributed by atoms with Gasteiger partial charge in [-0.1, -0.05) is 6.07 Å². The van der Waals surface area contributed by atoms with Crippen LogP contribution in [0.3, 0.4) is 0 Å². The van der Waals surface area contributed by atoms with E-state index in [4.69, 9.17) is 19.9 Å². The first-order valence-corrected chi connectivity index (χ1v) is 5.87. The minimum Gasteiger partial charge on any atom is -0.493 e. The van der Waals surface area contributed by atoms with Gasteiger partial charge in [-0.25, -0.2) is 0 Å². The summed E-state index contributed by atoms with van der Waals surface area (Å²) in [4.78, 5) is 11.7. The van der Waals surface area contributed by atoms with Gasteiger partial charge in [0.1, 0.15) is 6.10 Å². The molecule has 3 N–H and O–H groups in total. The van der Waals surface area contributed by atoms with Crippen molar-refractivity contribution in [2.45, 2.75) is 12.6 Å². The third-order valence-corrected chi connectivity index (χ3v) is 2.71. The second-order valence-corrected chi connectivity index (χ2v) is 3.87. The first-order valence-electron chi connectivity index (χ1n) is 5.87. The molecule has 7 heteroatoms. The monoisotopic (exact) mass is 304 g/mol. The van der Waals surface area contributed by atoms with Crippen LogP contribution in [-0.4, -0.2) is 39.9 Å². The predicted molar refractivity (Wildman–Crippen MR) is 78.5 cm³/mol. The van der Waals surface area contributed by atoms with Gasteiger partial charge in [0.15, 0.2) is 11.5 Å². The van der Waals surface area contributed by atoms with Crippen LogP contribution in [0.1, 0.15) is 5.56 Å². The van der Waals surface area contributed by atoms with Crippen LogP contribution in [0.5, 0.6) is 11.5 Å². The van der Waals surface area contributed by atoms with E-state index in [2.05, 4.69) is 5.32 Å². The Labute approximate surface area is 125 Å². The maximum absolute atomic E-state index is 11.7. The van der Waals surface area contributed by atoms with Gasteiger partial charge in [0.2, 0.25) is 0 Å². The summed E-state index contributed by atoms with van der Waals surface area (Å²) in [6.45, 7) is 0.521. The molecule has 0 heterocycles. The largest absolute Gasteiger partial charge is 0.493 e. The van der Waals surface area contributed by atoms with Crippen LogP contribution >= 0.6 is 12.4 Å². The molecular formula is C13H21ClN2O4. The Kier molecular flexibility index (Phi) is 8.71. The molecule has 1 aromatic rings. The number of nitrogens with two attached hydrogens (primary N) is 1. The zero-order valence-corrected chi connectivity index (χ0v) is 12.7. The molecule has 114 valence electrons. The predicted octanol–water partition coefficient (Wildman–Crippen LogP) is 0.715. The summed E-state index contributed by atoms with van der Waals surface area (Å²) in [5.74, 6) is 1.03. The third kappa shape index (κ3) is 4.88. The van der Waals surface area contributed by atoms with Gasteiger partial charge in [-0.2, -0.15) is 0 Å². The van der Waals surface area contributed by atoms with Gasteiger partial charge in [0.25, 0.3) is 5.91 Å². The lowest BCUT2D eigenvalue weighted by atomic mass is 10.2. The van der Waals surface area contributed by atoms with Crippen LogP contribution in [0.4, 0.5) is 0 Å². The molecule has 1 aromatic carbocycles. The summed E-state index contributed by atoms with van der Waals surface area (Å²) in [6, 6.07) is 5.45. The molecule has 1 unspecified atom stereocenters. The van der Waals surface area contributed by atoms with Crippen molar-refractivity contribution in [1.29, 1.82) is 0 Å². The van der Waals surface area contributed by atoms with Crippen LogP contribution in [0.25, 0.3) is 0 Å². The molecule has 6 nitrogen and oxygen atoms in total. The highest BCUT2D eigenvalue weighted by molar-refractivity contribution is 5.85. The Morgan fingerprint density at radius 1 is 1.25 bits per heavy atom. The molecular weight excluding hydrogens is 284 g/mol. The van der Waals surface area contributed by atoms with E-state index in [-0.39, 0.29) is 24.9 Å². The zero-order valence-electron chi connectivity index (χ0n) is 11.8. The van der Waals surface area contributed by atoms with Crippen molar-refractivity contribution < 1.29 is 19.0 Å². The molecule has 20 heavy (non-hydrogen) atoms. The summed E-state index contributed by atoms with van der Waals surface area (Å²) >= 11 is 0. The van der Waals surface area contributed by atoms with Crippen molar-refractivity contribution in [3.63, 3.8) is 0 Å². The van der Waals surface area contributed by atoms with Gasteiger partial charge in [-0.15, -0.1) is 12.4 Å². The molecule has 0 aliphatic carbocycles. The highest BCUT2D eigenvalue weighted by Gasteiger charge is 2.15. The number of hydrogen-bond acceptors (Lipinski definition) is 5. The molecule has 0 radical (unpaired) electrons. The highest BCUT2D eigenvalue weighted by atomic mass is 35.5. The van der Waals surface area contributed by atoms with Crippen LogP contribution in [0.2, 0.25) is 0 Å². The lowest BCUT2D eigenvalue weighted by Crippen LogP contribution is -2.40. The topological polar surface area (TPSA) is 82.8 Å². The van der Waals surface area contributed by atoms with E-state index in [1.807, 2.05) is 12.1 Å². The number of halogens is 1. The Hall–Kier alpha value is -1.50. The number of rotatable bonds is 7. The second-order valence-electron chi connectivity index (χ2n) is 3.87. The summed E-state index contributed by atoms with van der Waals surface area (Å²) in [7, 11) is 4.59. The number of ether oxygens (including phenoxy) is 3. The molecule has 0 aromatic heterocycles. The van der Waals surface area contributed by atoms with E-state index in [0.717, 1.165) is 5.56 Å². The fraction of sp³-hybridized carbons (Fsp3) is 0.462. The number of amides is 1. The van der Waals surface area contributed by atoms with Crippen LogP contribution in [0, 0.1) is 0 Å². The van der Waals surface area contributed by atoms with E-state index in [9.17, 15) is 4.79 Å². The Morgan fingerprint density at radius 2 is 1.90 bits per heavy atom. The van der Waals surface area contributed by atoms with E-state index in [1.165, 1.54) is 7.11 Å². The number of methoxy groups -OCH3 is 3. The summed E-state index contributed by atoms with van der Waals surface area (Å²) in [5.41, 5.74) is 6.32. The summed E-state index contributed by atoms with van der Waals surface area (Å²) < 4.78 is 15.3. The van der Waals surface area contributed by atoms with Gasteiger partial charge < -0.3 is 25.3 Å². The second kappa shape index (κ2) is 9.41. The normalized spacial score (nSPS) is 11.2. The van der Waals surface area contributed by atoms with Crippen molar-refractivity contribution in [3.8, 4) is 11.5 Å². The molecule has 1 amide bonds. The van der Waals surface area contributed by atoms with E-state index in [0.29, 0.717) is 18.0 Å². The average Bonchev–Trinajstić information content (AvgIpc) is 2.45. The minimum absolute atomic E-state index is 0. The number of benzene rings is 1. The maximum atomic E-state index is 11.7. The quantitative estimate of drug-likeness (QED) is 0.775. The zero-order chi connectivity index (χ0) is 14.3. The van der Waals surface area contributed by atoms with Crippen molar-refractivity contribution >= 4 is 18.3 Å². The standard InChI is InChI=1S/C13H20N2O4.ClH/c1-17-10-5-4-9(6-11(10)18-2)8-15-13(16)12(7-14)19-3;/h4-6,12H,7-8,14H2,1-3H3,(H,15,16);1H. The lowest BCUT2D eigenvalue weighted by molar-refractivity contribution is -0.130. The molecule has 0 fully saturated rings. The number of carbonyl (C=O) groups excluding carboxylic acids is 1. The fourth-order valence-electron chi connectivity index (χ4n) is 1.60. The van der Waals surface area contributed by atoms with Gasteiger partial charge in [-0.05, 0) is 17.7 Å². The molecule has 0 saturated heterocycles. The van der Waals surface area contributed by atoms with Crippen LogP contribution < -0.4 is 20.5 Å². The molecule has 1 rings (SSSR count). The van der Waals surface area contributed by atoms with Gasteiger partial charge in [0, 0.05) is 20.2 Å². The molecule has 0 spiro atoms. The smallest absolute Gasteiger partial charge is 0.250 e. The van der Waals surface area contributed by atoms with Crippen molar-refractivity contribution in [2.75, 3.05) is 27.9 Å². The van der Waals surface area contributed by atoms with Gasteiger partial charge in [-0.3, -0.25) is 4.79 Å². The van der Waals surface area contributed by atoms with Crippen molar-refractivity contribution in [1.82, 2.24) is 5.32 Å². The molecule has 0 bridgehead atoms. The minimum atomic E-state index is -0.625. The third-order valence-electron chi connectivity index (χ3n) is 2.71. The first-order chi connectivity index (χ1) is 9.15. The molecule has 0 aliphatic heterocycles. The van der Waals surface area contributed by atoms with E-state index in [1.54, 1.807) is 20.3 Å². The number of carbonyl (C=O) groups is 1. The van der Waals surface area contributed by atoms with Crippen LogP contribution in [0.15, 0.2) is 18.2 Å². The molecule has 0 aliphatic rings. The van der Waals surface area contributed by atoms with Gasteiger partial charge in [0.05, 0.1) is 14.2 Å². The molecule has 1 atom stereocenters. The highest BCUT2D eigenvalue weighted by Crippen LogP contribution is 2.27. The van der Waals surface area contributed by atoms with Crippen LogP contribution in [-0.2, 0) is 16.1 Å². The van der Waals surface area contributed by atoms with E-state index < -0.39 is 6.10 Å². The molecule has 0 saturated carbocycles. The van der Waals surface area contributed by atoms with Crippen molar-refractivity contribution in [3.05, 3.63) is 23.8 Å².